The maximum Gasteiger partial charge on any atom is 0.0540 e. The van der Waals surface area contributed by atoms with E-state index in [2.05, 4.69) is 24.0 Å². The van der Waals surface area contributed by atoms with Gasteiger partial charge in [-0.2, -0.15) is 0 Å². The van der Waals surface area contributed by atoms with Crippen molar-refractivity contribution < 1.29 is 5.11 Å². The Morgan fingerprint density at radius 2 is 1.95 bits per heavy atom. The third-order valence-electron chi connectivity index (χ3n) is 2.67. The number of aliphatic hydroxyl groups is 1. The lowest BCUT2D eigenvalue weighted by Gasteiger charge is -2.05. The molecule has 0 amide bonds. The zero-order valence-corrected chi connectivity index (χ0v) is 12.5. The Morgan fingerprint density at radius 1 is 1.10 bits per heavy atom. The van der Waals surface area contributed by atoms with Gasteiger partial charge in [-0.05, 0) is 29.8 Å². The molecule has 1 nitrogen and oxygen atoms in total. The second-order valence-corrected chi connectivity index (χ2v) is 5.66. The standard InChI is InChI=1S/C17H15ClOS/c18-16-9-5-10-17(12-16)20-13-15-8-2-1-6-14(15)7-3-4-11-19/h1-2,5-6,8-10,12,19H,4,11,13H2. The van der Waals surface area contributed by atoms with Crippen molar-refractivity contribution in [3.8, 4) is 11.8 Å². The summed E-state index contributed by atoms with van der Waals surface area (Å²) < 4.78 is 0. The summed E-state index contributed by atoms with van der Waals surface area (Å²) in [5.41, 5.74) is 2.22. The molecular weight excluding hydrogens is 288 g/mol. The lowest BCUT2D eigenvalue weighted by atomic mass is 10.1. The van der Waals surface area contributed by atoms with Crippen LogP contribution in [0.3, 0.4) is 0 Å². The third-order valence-corrected chi connectivity index (χ3v) is 3.95. The lowest BCUT2D eigenvalue weighted by Crippen LogP contribution is -1.87. The van der Waals surface area contributed by atoms with E-state index < -0.39 is 0 Å². The largest absolute Gasteiger partial charge is 0.395 e. The van der Waals surface area contributed by atoms with Gasteiger partial charge in [-0.1, -0.05) is 47.7 Å². The zero-order valence-electron chi connectivity index (χ0n) is 11.0. The summed E-state index contributed by atoms with van der Waals surface area (Å²) in [6, 6.07) is 15.9. The second-order valence-electron chi connectivity index (χ2n) is 4.18. The van der Waals surface area contributed by atoms with Crippen LogP contribution < -0.4 is 0 Å². The first kappa shape index (κ1) is 15.0. The molecule has 0 unspecified atom stereocenters. The van der Waals surface area contributed by atoms with Gasteiger partial charge in [0.25, 0.3) is 0 Å². The Balaban J connectivity index is 2.08. The van der Waals surface area contributed by atoms with Crippen molar-refractivity contribution >= 4 is 23.4 Å². The molecule has 0 atom stereocenters. The number of aliphatic hydroxyl groups excluding tert-OH is 1. The first-order chi connectivity index (χ1) is 9.79. The molecule has 0 spiro atoms. The summed E-state index contributed by atoms with van der Waals surface area (Å²) >= 11 is 7.72. The molecule has 0 bridgehead atoms. The van der Waals surface area contributed by atoms with Gasteiger partial charge in [0.05, 0.1) is 6.61 Å². The first-order valence-electron chi connectivity index (χ1n) is 6.35. The number of thioether (sulfide) groups is 1. The minimum absolute atomic E-state index is 0.104. The normalized spacial score (nSPS) is 9.90. The maximum atomic E-state index is 8.77. The van der Waals surface area contributed by atoms with Crippen LogP contribution in [0.15, 0.2) is 53.4 Å². The summed E-state index contributed by atoms with van der Waals surface area (Å²) in [5, 5.41) is 9.53. The molecule has 2 aromatic rings. The van der Waals surface area contributed by atoms with Gasteiger partial charge < -0.3 is 5.11 Å². The molecular formula is C17H15ClOS. The van der Waals surface area contributed by atoms with Crippen molar-refractivity contribution in [3.05, 3.63) is 64.7 Å². The molecule has 2 aromatic carbocycles. The molecule has 0 aliphatic rings. The predicted octanol–water partition coefficient (Wildman–Crippen LogP) is 4.37. The highest BCUT2D eigenvalue weighted by Gasteiger charge is 2.01. The van der Waals surface area contributed by atoms with Gasteiger partial charge in [-0.25, -0.2) is 0 Å². The fourth-order valence-corrected chi connectivity index (χ4v) is 2.91. The molecule has 0 saturated carbocycles. The molecule has 3 heteroatoms. The molecule has 102 valence electrons. The van der Waals surface area contributed by atoms with Crippen LogP contribution in [-0.4, -0.2) is 11.7 Å². The minimum Gasteiger partial charge on any atom is -0.395 e. The average molecular weight is 303 g/mol. The van der Waals surface area contributed by atoms with E-state index in [4.69, 9.17) is 16.7 Å². The van der Waals surface area contributed by atoms with E-state index in [0.29, 0.717) is 6.42 Å². The van der Waals surface area contributed by atoms with Gasteiger partial charge in [-0.3, -0.25) is 0 Å². The van der Waals surface area contributed by atoms with Crippen LogP contribution in [0.25, 0.3) is 0 Å². The van der Waals surface area contributed by atoms with Crippen molar-refractivity contribution in [1.29, 1.82) is 0 Å². The molecule has 0 radical (unpaired) electrons. The van der Waals surface area contributed by atoms with E-state index in [-0.39, 0.29) is 6.61 Å². The van der Waals surface area contributed by atoms with E-state index >= 15 is 0 Å². The lowest BCUT2D eigenvalue weighted by molar-refractivity contribution is 0.305. The summed E-state index contributed by atoms with van der Waals surface area (Å²) in [6.07, 6.45) is 0.510. The molecule has 0 heterocycles. The summed E-state index contributed by atoms with van der Waals surface area (Å²) in [6.45, 7) is 0.104. The first-order valence-corrected chi connectivity index (χ1v) is 7.72. The van der Waals surface area contributed by atoms with Crippen LogP contribution in [0.1, 0.15) is 17.5 Å². The number of hydrogen-bond acceptors (Lipinski definition) is 2. The van der Waals surface area contributed by atoms with E-state index in [1.54, 1.807) is 11.8 Å². The average Bonchev–Trinajstić information content (AvgIpc) is 2.47. The number of rotatable bonds is 4. The topological polar surface area (TPSA) is 20.2 Å². The van der Waals surface area contributed by atoms with Crippen LogP contribution in [0.5, 0.6) is 0 Å². The van der Waals surface area contributed by atoms with Crippen molar-refractivity contribution in [1.82, 2.24) is 0 Å². The van der Waals surface area contributed by atoms with Crippen LogP contribution in [0.2, 0.25) is 5.02 Å². The van der Waals surface area contributed by atoms with Crippen LogP contribution in [0.4, 0.5) is 0 Å². The Kier molecular flexibility index (Phi) is 6.01. The van der Waals surface area contributed by atoms with Crippen LogP contribution >= 0.6 is 23.4 Å². The highest BCUT2D eigenvalue weighted by atomic mass is 35.5. The Hall–Kier alpha value is -1.40. The molecule has 20 heavy (non-hydrogen) atoms. The van der Waals surface area contributed by atoms with Gasteiger partial charge in [0.15, 0.2) is 0 Å². The quantitative estimate of drug-likeness (QED) is 0.668. The second kappa shape index (κ2) is 8.01. The SMILES string of the molecule is OCCC#Cc1ccccc1CSc1cccc(Cl)c1. The van der Waals surface area contributed by atoms with Crippen molar-refractivity contribution in [3.63, 3.8) is 0 Å². The molecule has 0 fully saturated rings. The fourth-order valence-electron chi connectivity index (χ4n) is 1.70. The molecule has 0 saturated heterocycles. The van der Waals surface area contributed by atoms with Crippen LogP contribution in [0, 0.1) is 11.8 Å². The molecule has 0 aliphatic heterocycles. The summed E-state index contributed by atoms with van der Waals surface area (Å²) in [5.74, 6) is 6.93. The summed E-state index contributed by atoms with van der Waals surface area (Å²) in [4.78, 5) is 1.15. The van der Waals surface area contributed by atoms with Gasteiger partial charge in [0, 0.05) is 27.7 Å². The van der Waals surface area contributed by atoms with Gasteiger partial charge >= 0.3 is 0 Å². The van der Waals surface area contributed by atoms with Crippen LogP contribution in [-0.2, 0) is 5.75 Å². The minimum atomic E-state index is 0.104. The predicted molar refractivity (Wildman–Crippen MR) is 86.0 cm³/mol. The monoisotopic (exact) mass is 302 g/mol. The van der Waals surface area contributed by atoms with Gasteiger partial charge in [0.1, 0.15) is 0 Å². The number of halogens is 1. The molecule has 0 aromatic heterocycles. The van der Waals surface area contributed by atoms with Gasteiger partial charge in [-0.15, -0.1) is 11.8 Å². The molecule has 1 N–H and O–H groups in total. The number of hydrogen-bond donors (Lipinski definition) is 1. The van der Waals surface area contributed by atoms with Crippen molar-refractivity contribution in [2.75, 3.05) is 6.61 Å². The number of benzene rings is 2. The van der Waals surface area contributed by atoms with E-state index in [1.807, 2.05) is 36.4 Å². The zero-order chi connectivity index (χ0) is 14.2. The van der Waals surface area contributed by atoms with E-state index in [0.717, 1.165) is 21.2 Å². The smallest absolute Gasteiger partial charge is 0.0540 e. The highest BCUT2D eigenvalue weighted by molar-refractivity contribution is 7.98. The highest BCUT2D eigenvalue weighted by Crippen LogP contribution is 2.26. The van der Waals surface area contributed by atoms with Crippen molar-refractivity contribution in [2.24, 2.45) is 0 Å². The van der Waals surface area contributed by atoms with Gasteiger partial charge in [0.2, 0.25) is 0 Å². The van der Waals surface area contributed by atoms with E-state index in [1.165, 1.54) is 5.56 Å². The molecule has 2 rings (SSSR count). The van der Waals surface area contributed by atoms with E-state index in [9.17, 15) is 0 Å². The molecule has 0 aliphatic carbocycles. The Bertz CT molecular complexity index is 628. The Labute approximate surface area is 129 Å². The third kappa shape index (κ3) is 4.61. The fraction of sp³-hybridized carbons (Fsp3) is 0.176. The Morgan fingerprint density at radius 3 is 2.75 bits per heavy atom. The summed E-state index contributed by atoms with van der Waals surface area (Å²) in [7, 11) is 0. The van der Waals surface area contributed by atoms with Crippen molar-refractivity contribution in [2.45, 2.75) is 17.1 Å². The maximum absolute atomic E-state index is 8.77.